The highest BCUT2D eigenvalue weighted by Crippen LogP contribution is 2.14. The fourth-order valence-corrected chi connectivity index (χ4v) is 2.08. The van der Waals surface area contributed by atoms with Crippen LogP contribution in [-0.4, -0.2) is 27.5 Å². The van der Waals surface area contributed by atoms with Gasteiger partial charge < -0.3 is 5.32 Å². The minimum absolute atomic E-state index is 0.225. The molecule has 0 bridgehead atoms. The summed E-state index contributed by atoms with van der Waals surface area (Å²) < 4.78 is 13.6. The molecule has 1 aromatic rings. The van der Waals surface area contributed by atoms with Gasteiger partial charge in [-0.05, 0) is 31.8 Å². The Kier molecular flexibility index (Phi) is 5.52. The maximum Gasteiger partial charge on any atom is 0.186 e. The van der Waals surface area contributed by atoms with Gasteiger partial charge in [0.2, 0.25) is 0 Å². The molecule has 0 radical (unpaired) electrons. The molecule has 0 aliphatic rings. The van der Waals surface area contributed by atoms with Crippen LogP contribution in [0.25, 0.3) is 0 Å². The van der Waals surface area contributed by atoms with Crippen molar-refractivity contribution in [1.29, 1.82) is 0 Å². The Morgan fingerprint density at radius 2 is 2.25 bits per heavy atom. The van der Waals surface area contributed by atoms with Crippen molar-refractivity contribution in [2.75, 3.05) is 16.8 Å². The lowest BCUT2D eigenvalue weighted by Gasteiger charge is -2.14. The molecular formula is C11H18FN3S. The van der Waals surface area contributed by atoms with E-state index in [-0.39, 0.29) is 11.9 Å². The molecule has 0 saturated carbocycles. The topological polar surface area (TPSA) is 37.8 Å². The van der Waals surface area contributed by atoms with Gasteiger partial charge in [-0.2, -0.15) is 11.8 Å². The van der Waals surface area contributed by atoms with E-state index >= 15 is 0 Å². The monoisotopic (exact) mass is 243 g/mol. The normalized spacial score (nSPS) is 12.5. The van der Waals surface area contributed by atoms with E-state index in [1.807, 2.05) is 18.7 Å². The van der Waals surface area contributed by atoms with E-state index in [0.29, 0.717) is 11.5 Å². The number of aryl methyl sites for hydroxylation is 1. The van der Waals surface area contributed by atoms with Crippen LogP contribution in [-0.2, 0) is 0 Å². The molecule has 1 aromatic heterocycles. The molecule has 90 valence electrons. The predicted octanol–water partition coefficient (Wildman–Crippen LogP) is 2.87. The zero-order chi connectivity index (χ0) is 12.0. The maximum atomic E-state index is 13.6. The second-order valence-electron chi connectivity index (χ2n) is 3.65. The number of hydrogen-bond acceptors (Lipinski definition) is 4. The molecule has 1 heterocycles. The van der Waals surface area contributed by atoms with E-state index in [2.05, 4.69) is 22.2 Å². The van der Waals surface area contributed by atoms with Crippen LogP contribution in [0.4, 0.5) is 10.2 Å². The Morgan fingerprint density at radius 1 is 1.50 bits per heavy atom. The van der Waals surface area contributed by atoms with Crippen LogP contribution in [0, 0.1) is 12.7 Å². The van der Waals surface area contributed by atoms with Crippen molar-refractivity contribution in [1.82, 2.24) is 9.97 Å². The molecule has 0 saturated heterocycles. The number of thioether (sulfide) groups is 1. The SMILES string of the molecule is CCSCCC(C)Nc1ncnc(C)c1F. The standard InChI is InChI=1S/C11H18FN3S/c1-4-16-6-5-8(2)15-11-10(12)9(3)13-7-14-11/h7-8H,4-6H2,1-3H3,(H,13,14,15). The molecule has 0 aliphatic carbocycles. The van der Waals surface area contributed by atoms with E-state index in [9.17, 15) is 4.39 Å². The van der Waals surface area contributed by atoms with Crippen LogP contribution in [0.15, 0.2) is 6.33 Å². The summed E-state index contributed by atoms with van der Waals surface area (Å²) in [6.45, 7) is 5.81. The highest BCUT2D eigenvalue weighted by Gasteiger charge is 2.10. The first-order valence-corrected chi connectivity index (χ1v) is 6.62. The fraction of sp³-hybridized carbons (Fsp3) is 0.636. The Bertz CT molecular complexity index is 333. The van der Waals surface area contributed by atoms with E-state index in [0.717, 1.165) is 17.9 Å². The van der Waals surface area contributed by atoms with Gasteiger partial charge in [0.1, 0.15) is 6.33 Å². The molecule has 1 N–H and O–H groups in total. The summed E-state index contributed by atoms with van der Waals surface area (Å²) in [5, 5.41) is 3.07. The lowest BCUT2D eigenvalue weighted by molar-refractivity contribution is 0.599. The van der Waals surface area contributed by atoms with Crippen LogP contribution in [0.1, 0.15) is 26.0 Å². The quantitative estimate of drug-likeness (QED) is 0.780. The smallest absolute Gasteiger partial charge is 0.186 e. The Morgan fingerprint density at radius 3 is 2.94 bits per heavy atom. The first-order chi connectivity index (χ1) is 7.65. The lowest BCUT2D eigenvalue weighted by atomic mass is 10.2. The first kappa shape index (κ1) is 13.2. The zero-order valence-electron chi connectivity index (χ0n) is 9.96. The molecule has 0 aliphatic heterocycles. The maximum absolute atomic E-state index is 13.6. The summed E-state index contributed by atoms with van der Waals surface area (Å²) in [5.41, 5.74) is 0.382. The third-order valence-corrected chi connectivity index (χ3v) is 3.18. The van der Waals surface area contributed by atoms with Gasteiger partial charge in [-0.25, -0.2) is 14.4 Å². The number of rotatable bonds is 6. The van der Waals surface area contributed by atoms with Gasteiger partial charge in [0.05, 0.1) is 5.69 Å². The number of nitrogens with zero attached hydrogens (tertiary/aromatic N) is 2. The van der Waals surface area contributed by atoms with Gasteiger partial charge in [-0.15, -0.1) is 0 Å². The molecular weight excluding hydrogens is 225 g/mol. The Balaban J connectivity index is 2.49. The molecule has 16 heavy (non-hydrogen) atoms. The Labute approximate surface area is 100 Å². The summed E-state index contributed by atoms with van der Waals surface area (Å²) in [5.74, 6) is 2.16. The molecule has 0 fully saturated rings. The average Bonchev–Trinajstić information content (AvgIpc) is 2.25. The van der Waals surface area contributed by atoms with E-state index < -0.39 is 0 Å². The van der Waals surface area contributed by atoms with Crippen molar-refractivity contribution in [3.05, 3.63) is 17.8 Å². The van der Waals surface area contributed by atoms with Crippen molar-refractivity contribution in [3.63, 3.8) is 0 Å². The summed E-state index contributed by atoms with van der Waals surface area (Å²) in [6.07, 6.45) is 2.38. The van der Waals surface area contributed by atoms with Crippen LogP contribution >= 0.6 is 11.8 Å². The van der Waals surface area contributed by atoms with Gasteiger partial charge in [-0.1, -0.05) is 6.92 Å². The zero-order valence-corrected chi connectivity index (χ0v) is 10.8. The molecule has 5 heteroatoms. The van der Waals surface area contributed by atoms with E-state index in [1.54, 1.807) is 6.92 Å². The molecule has 1 rings (SSSR count). The average molecular weight is 243 g/mol. The van der Waals surface area contributed by atoms with Gasteiger partial charge in [0, 0.05) is 6.04 Å². The third-order valence-electron chi connectivity index (χ3n) is 2.25. The van der Waals surface area contributed by atoms with Gasteiger partial charge in [0.15, 0.2) is 11.6 Å². The van der Waals surface area contributed by atoms with Crippen LogP contribution in [0.5, 0.6) is 0 Å². The minimum Gasteiger partial charge on any atom is -0.365 e. The third kappa shape index (κ3) is 3.96. The largest absolute Gasteiger partial charge is 0.365 e. The molecule has 1 unspecified atom stereocenters. The molecule has 0 amide bonds. The number of nitrogens with one attached hydrogen (secondary N) is 1. The lowest BCUT2D eigenvalue weighted by Crippen LogP contribution is -2.18. The second-order valence-corrected chi connectivity index (χ2v) is 5.05. The highest BCUT2D eigenvalue weighted by molar-refractivity contribution is 7.99. The number of hydrogen-bond donors (Lipinski definition) is 1. The minimum atomic E-state index is -0.350. The van der Waals surface area contributed by atoms with Crippen LogP contribution < -0.4 is 5.32 Å². The molecule has 0 aromatic carbocycles. The fourth-order valence-electron chi connectivity index (χ4n) is 1.27. The summed E-state index contributed by atoms with van der Waals surface area (Å²) >= 11 is 1.89. The van der Waals surface area contributed by atoms with Crippen LogP contribution in [0.2, 0.25) is 0 Å². The number of halogens is 1. The van der Waals surface area contributed by atoms with Crippen molar-refractivity contribution in [2.45, 2.75) is 33.2 Å². The summed E-state index contributed by atoms with van der Waals surface area (Å²) in [4.78, 5) is 7.70. The number of anilines is 1. The van der Waals surface area contributed by atoms with E-state index in [4.69, 9.17) is 0 Å². The Hall–Kier alpha value is -0.840. The second kappa shape index (κ2) is 6.68. The van der Waals surface area contributed by atoms with Crippen molar-refractivity contribution in [3.8, 4) is 0 Å². The van der Waals surface area contributed by atoms with Gasteiger partial charge in [0.25, 0.3) is 0 Å². The molecule has 3 nitrogen and oxygen atoms in total. The van der Waals surface area contributed by atoms with Crippen molar-refractivity contribution >= 4 is 17.6 Å². The molecule has 1 atom stereocenters. The summed E-state index contributed by atoms with van der Waals surface area (Å²) in [7, 11) is 0. The van der Waals surface area contributed by atoms with Gasteiger partial charge >= 0.3 is 0 Å². The van der Waals surface area contributed by atoms with Crippen molar-refractivity contribution in [2.24, 2.45) is 0 Å². The number of aromatic nitrogens is 2. The van der Waals surface area contributed by atoms with Gasteiger partial charge in [-0.3, -0.25) is 0 Å². The van der Waals surface area contributed by atoms with E-state index in [1.165, 1.54) is 6.33 Å². The van der Waals surface area contributed by atoms with Crippen molar-refractivity contribution < 1.29 is 4.39 Å². The predicted molar refractivity (Wildman–Crippen MR) is 67.4 cm³/mol. The first-order valence-electron chi connectivity index (χ1n) is 5.46. The molecule has 0 spiro atoms. The summed E-state index contributed by atoms with van der Waals surface area (Å²) in [6, 6.07) is 0.225. The highest BCUT2D eigenvalue weighted by atomic mass is 32.2. The van der Waals surface area contributed by atoms with Crippen LogP contribution in [0.3, 0.4) is 0 Å².